The first-order chi connectivity index (χ1) is 13.0. The average molecular weight is 416 g/mol. The Morgan fingerprint density at radius 2 is 1.81 bits per heavy atom. The Balaban J connectivity index is 1.74. The molecule has 0 aromatic heterocycles. The number of amides is 1. The highest BCUT2D eigenvalue weighted by Gasteiger charge is 2.13. The van der Waals surface area contributed by atoms with E-state index in [1.54, 1.807) is 12.1 Å². The number of nitrogens with one attached hydrogen (secondary N) is 1. The number of carbonyl (C=O) groups excluding carboxylic acids is 2. The minimum absolute atomic E-state index is 0.0631. The summed E-state index contributed by atoms with van der Waals surface area (Å²) in [5.41, 5.74) is 0.0631. The van der Waals surface area contributed by atoms with Gasteiger partial charge in [-0.3, -0.25) is 9.59 Å². The maximum absolute atomic E-state index is 12.3. The summed E-state index contributed by atoms with van der Waals surface area (Å²) in [6, 6.07) is 13.0. The first-order valence-corrected chi connectivity index (χ1v) is 9.18. The van der Waals surface area contributed by atoms with Crippen LogP contribution < -0.4 is 10.1 Å². The van der Waals surface area contributed by atoms with Crippen molar-refractivity contribution in [1.29, 1.82) is 0 Å². The lowest BCUT2D eigenvalue weighted by Crippen LogP contribution is -2.21. The first-order valence-electron chi connectivity index (χ1n) is 7.82. The molecule has 144 valence electrons. The Morgan fingerprint density at radius 1 is 1.11 bits per heavy atom. The van der Waals surface area contributed by atoms with Crippen LogP contribution in [0.3, 0.4) is 0 Å². The fourth-order valence-corrected chi connectivity index (χ4v) is 3.15. The molecule has 2 rings (SSSR count). The Kier molecular flexibility index (Phi) is 8.35. The molecule has 0 atom stereocenters. The lowest BCUT2D eigenvalue weighted by Gasteiger charge is -2.11. The largest absolute Gasteiger partial charge is 0.456 e. The number of thioether (sulfide) groups is 1. The number of rotatable bonds is 9. The quantitative estimate of drug-likeness (QED) is 0.478. The molecular weight excluding hydrogens is 400 g/mol. The summed E-state index contributed by atoms with van der Waals surface area (Å²) in [5.74, 6) is -0.951. The van der Waals surface area contributed by atoms with E-state index in [9.17, 15) is 18.4 Å². The zero-order valence-electron chi connectivity index (χ0n) is 14.0. The SMILES string of the molecule is O=C(COC(=O)CCSc1ccccc1Cl)Nc1ccccc1OC(F)F. The van der Waals surface area contributed by atoms with Crippen LogP contribution in [0.15, 0.2) is 53.4 Å². The molecule has 2 aromatic rings. The highest BCUT2D eigenvalue weighted by Crippen LogP contribution is 2.27. The summed E-state index contributed by atoms with van der Waals surface area (Å²) >= 11 is 7.42. The van der Waals surface area contributed by atoms with Gasteiger partial charge in [-0.1, -0.05) is 35.9 Å². The molecule has 5 nitrogen and oxygen atoms in total. The number of anilines is 1. The molecule has 1 amide bonds. The molecule has 2 aromatic carbocycles. The topological polar surface area (TPSA) is 64.6 Å². The summed E-state index contributed by atoms with van der Waals surface area (Å²) in [5, 5.41) is 2.96. The third-order valence-electron chi connectivity index (χ3n) is 3.14. The monoisotopic (exact) mass is 415 g/mol. The first kappa shape index (κ1) is 21.0. The number of carbonyl (C=O) groups is 2. The van der Waals surface area contributed by atoms with E-state index in [0.717, 1.165) is 4.90 Å². The molecule has 0 aliphatic carbocycles. The van der Waals surface area contributed by atoms with Gasteiger partial charge in [0.15, 0.2) is 6.61 Å². The second-order valence-electron chi connectivity index (χ2n) is 5.11. The molecule has 0 aliphatic heterocycles. The lowest BCUT2D eigenvalue weighted by atomic mass is 10.3. The van der Waals surface area contributed by atoms with Crippen molar-refractivity contribution in [2.45, 2.75) is 17.9 Å². The smallest absolute Gasteiger partial charge is 0.387 e. The van der Waals surface area contributed by atoms with Crippen LogP contribution in [0.1, 0.15) is 6.42 Å². The number of halogens is 3. The van der Waals surface area contributed by atoms with Crippen LogP contribution in [-0.4, -0.2) is 30.8 Å². The number of esters is 1. The fraction of sp³-hybridized carbons (Fsp3) is 0.222. The Morgan fingerprint density at radius 3 is 2.56 bits per heavy atom. The van der Waals surface area contributed by atoms with Crippen LogP contribution in [0.25, 0.3) is 0 Å². The zero-order chi connectivity index (χ0) is 19.6. The highest BCUT2D eigenvalue weighted by molar-refractivity contribution is 7.99. The molecule has 0 radical (unpaired) electrons. The van der Waals surface area contributed by atoms with E-state index in [1.165, 1.54) is 30.0 Å². The molecule has 1 N–H and O–H groups in total. The number of ether oxygens (including phenoxy) is 2. The van der Waals surface area contributed by atoms with Crippen molar-refractivity contribution >= 4 is 40.9 Å². The molecule has 0 bridgehead atoms. The van der Waals surface area contributed by atoms with Gasteiger partial charge in [0.1, 0.15) is 5.75 Å². The average Bonchev–Trinajstić information content (AvgIpc) is 2.63. The van der Waals surface area contributed by atoms with Crippen LogP contribution in [-0.2, 0) is 14.3 Å². The molecule has 0 spiro atoms. The van der Waals surface area contributed by atoms with E-state index in [1.807, 2.05) is 18.2 Å². The van der Waals surface area contributed by atoms with E-state index in [2.05, 4.69) is 10.1 Å². The van der Waals surface area contributed by atoms with E-state index in [-0.39, 0.29) is 17.9 Å². The third-order valence-corrected chi connectivity index (χ3v) is 4.66. The third kappa shape index (κ3) is 7.44. The molecule has 0 unspecified atom stereocenters. The van der Waals surface area contributed by atoms with Gasteiger partial charge in [0.2, 0.25) is 0 Å². The van der Waals surface area contributed by atoms with Gasteiger partial charge in [-0.05, 0) is 24.3 Å². The van der Waals surface area contributed by atoms with E-state index in [0.29, 0.717) is 10.8 Å². The van der Waals surface area contributed by atoms with Gasteiger partial charge >= 0.3 is 12.6 Å². The normalized spacial score (nSPS) is 10.5. The molecule has 0 aliphatic rings. The number of alkyl halides is 2. The highest BCUT2D eigenvalue weighted by atomic mass is 35.5. The van der Waals surface area contributed by atoms with Crippen LogP contribution in [0, 0.1) is 0 Å². The number of benzene rings is 2. The Hall–Kier alpha value is -2.32. The lowest BCUT2D eigenvalue weighted by molar-refractivity contribution is -0.146. The van der Waals surface area contributed by atoms with Crippen LogP contribution in [0.2, 0.25) is 5.02 Å². The Bertz CT molecular complexity index is 791. The van der Waals surface area contributed by atoms with Gasteiger partial charge in [-0.2, -0.15) is 8.78 Å². The van der Waals surface area contributed by atoms with Crippen molar-refractivity contribution < 1.29 is 27.8 Å². The van der Waals surface area contributed by atoms with E-state index < -0.39 is 25.1 Å². The second-order valence-corrected chi connectivity index (χ2v) is 6.66. The summed E-state index contributed by atoms with van der Waals surface area (Å²) < 4.78 is 33.9. The van der Waals surface area contributed by atoms with Crippen molar-refractivity contribution in [1.82, 2.24) is 0 Å². The number of hydrogen-bond donors (Lipinski definition) is 1. The van der Waals surface area contributed by atoms with Gasteiger partial charge in [0, 0.05) is 10.6 Å². The van der Waals surface area contributed by atoms with E-state index in [4.69, 9.17) is 16.3 Å². The summed E-state index contributed by atoms with van der Waals surface area (Å²) in [6.45, 7) is -3.55. The van der Waals surface area contributed by atoms with Crippen molar-refractivity contribution in [3.05, 3.63) is 53.6 Å². The standard InChI is InChI=1S/C18H16ClF2NO4S/c19-12-5-1-4-8-15(12)27-10-9-17(24)25-11-16(23)22-13-6-2-3-7-14(13)26-18(20)21/h1-8,18H,9-11H2,(H,22,23). The summed E-state index contributed by atoms with van der Waals surface area (Å²) in [7, 11) is 0. The van der Waals surface area contributed by atoms with Gasteiger partial charge in [-0.15, -0.1) is 11.8 Å². The Labute approximate surface area is 164 Å². The van der Waals surface area contributed by atoms with Gasteiger partial charge < -0.3 is 14.8 Å². The zero-order valence-corrected chi connectivity index (χ0v) is 15.6. The van der Waals surface area contributed by atoms with Crippen LogP contribution in [0.5, 0.6) is 5.75 Å². The second kappa shape index (κ2) is 10.7. The maximum Gasteiger partial charge on any atom is 0.387 e. The summed E-state index contributed by atoms with van der Waals surface area (Å²) in [4.78, 5) is 24.4. The molecular formula is C18H16ClF2NO4S. The van der Waals surface area contributed by atoms with Gasteiger partial charge in [0.25, 0.3) is 5.91 Å². The molecule has 0 saturated carbocycles. The fourth-order valence-electron chi connectivity index (χ4n) is 1.98. The number of para-hydroxylation sites is 2. The molecule has 0 heterocycles. The predicted octanol–water partition coefficient (Wildman–Crippen LogP) is 4.61. The molecule has 0 fully saturated rings. The van der Waals surface area contributed by atoms with Crippen LogP contribution in [0.4, 0.5) is 14.5 Å². The number of hydrogen-bond acceptors (Lipinski definition) is 5. The van der Waals surface area contributed by atoms with Crippen LogP contribution >= 0.6 is 23.4 Å². The van der Waals surface area contributed by atoms with Crippen molar-refractivity contribution in [2.24, 2.45) is 0 Å². The minimum Gasteiger partial charge on any atom is -0.456 e. The molecule has 27 heavy (non-hydrogen) atoms. The predicted molar refractivity (Wildman–Crippen MR) is 99.5 cm³/mol. The minimum atomic E-state index is -3.02. The van der Waals surface area contributed by atoms with Crippen molar-refractivity contribution in [3.8, 4) is 5.75 Å². The van der Waals surface area contributed by atoms with Gasteiger partial charge in [-0.25, -0.2) is 0 Å². The molecule has 0 saturated heterocycles. The van der Waals surface area contributed by atoms with Gasteiger partial charge in [0.05, 0.1) is 17.1 Å². The molecule has 9 heteroatoms. The van der Waals surface area contributed by atoms with Crippen molar-refractivity contribution in [2.75, 3.05) is 17.7 Å². The van der Waals surface area contributed by atoms with E-state index >= 15 is 0 Å². The summed E-state index contributed by atoms with van der Waals surface area (Å²) in [6.07, 6.45) is 0.0915. The van der Waals surface area contributed by atoms with Crippen molar-refractivity contribution in [3.63, 3.8) is 0 Å². The maximum atomic E-state index is 12.3.